The zero-order valence-electron chi connectivity index (χ0n) is 18.6. The molecule has 1 aromatic carbocycles. The molecule has 1 atom stereocenters. The van der Waals surface area contributed by atoms with Crippen LogP contribution in [0.1, 0.15) is 53.9 Å². The van der Waals surface area contributed by atoms with E-state index >= 15 is 0 Å². The van der Waals surface area contributed by atoms with Crippen LogP contribution >= 0.6 is 23.1 Å². The molecular weight excluding hydrogens is 450 g/mol. The smallest absolute Gasteiger partial charge is 0.237 e. The number of hydrogen-bond donors (Lipinski definition) is 0. The molecule has 33 heavy (non-hydrogen) atoms. The van der Waals surface area contributed by atoms with Crippen LogP contribution in [0.5, 0.6) is 0 Å². The monoisotopic (exact) mass is 475 g/mol. The van der Waals surface area contributed by atoms with Crippen molar-refractivity contribution in [2.75, 3.05) is 17.2 Å². The van der Waals surface area contributed by atoms with Gasteiger partial charge in [-0.3, -0.25) is 9.20 Å². The molecule has 4 aromatic rings. The maximum Gasteiger partial charge on any atom is 0.237 e. The van der Waals surface area contributed by atoms with Gasteiger partial charge in [-0.2, -0.15) is 0 Å². The lowest BCUT2D eigenvalue weighted by molar-refractivity contribution is -0.116. The van der Waals surface area contributed by atoms with E-state index in [2.05, 4.69) is 27.6 Å². The van der Waals surface area contributed by atoms with E-state index < -0.39 is 0 Å². The lowest BCUT2D eigenvalue weighted by Gasteiger charge is -2.17. The van der Waals surface area contributed by atoms with E-state index in [-0.39, 0.29) is 5.91 Å². The Morgan fingerprint density at radius 2 is 2.06 bits per heavy atom. The number of aromatic nitrogens is 4. The Morgan fingerprint density at radius 1 is 1.18 bits per heavy atom. The normalized spacial score (nSPS) is 19.9. The quantitative estimate of drug-likeness (QED) is 0.388. The molecule has 1 amide bonds. The van der Waals surface area contributed by atoms with Gasteiger partial charge in [0.15, 0.2) is 10.8 Å². The first-order chi connectivity index (χ1) is 16.2. The molecule has 2 aliphatic carbocycles. The third kappa shape index (κ3) is 3.21. The molecule has 1 aliphatic heterocycles. The predicted molar refractivity (Wildman–Crippen MR) is 133 cm³/mol. The van der Waals surface area contributed by atoms with Gasteiger partial charge < -0.3 is 4.90 Å². The summed E-state index contributed by atoms with van der Waals surface area (Å²) in [4.78, 5) is 22.8. The molecule has 0 radical (unpaired) electrons. The molecule has 0 N–H and O–H groups in total. The molecule has 4 heterocycles. The first kappa shape index (κ1) is 20.0. The van der Waals surface area contributed by atoms with Gasteiger partial charge in [-0.1, -0.05) is 36.9 Å². The predicted octanol–water partition coefficient (Wildman–Crippen LogP) is 5.02. The lowest BCUT2D eigenvalue weighted by atomic mass is 9.89. The van der Waals surface area contributed by atoms with Crippen molar-refractivity contribution in [1.82, 2.24) is 19.6 Å². The average Bonchev–Trinajstić information content (AvgIpc) is 3.28. The highest BCUT2D eigenvalue weighted by molar-refractivity contribution is 7.99. The molecule has 1 saturated carbocycles. The number of carbonyl (C=O) groups excluding carboxylic acids is 1. The highest BCUT2D eigenvalue weighted by atomic mass is 32.2. The number of nitrogens with zero attached hydrogens (tertiary/aromatic N) is 5. The Hall–Kier alpha value is -2.45. The van der Waals surface area contributed by atoms with Crippen LogP contribution in [-0.2, 0) is 24.1 Å². The summed E-state index contributed by atoms with van der Waals surface area (Å²) in [6.07, 6.45) is 6.72. The molecular formula is C25H25N5OS2. The average molecular weight is 476 g/mol. The van der Waals surface area contributed by atoms with Gasteiger partial charge in [-0.15, -0.1) is 21.5 Å². The zero-order valence-corrected chi connectivity index (χ0v) is 20.2. The third-order valence-corrected chi connectivity index (χ3v) is 9.31. The highest BCUT2D eigenvalue weighted by Crippen LogP contribution is 2.44. The summed E-state index contributed by atoms with van der Waals surface area (Å²) >= 11 is 3.35. The Kier molecular flexibility index (Phi) is 4.56. The molecule has 168 valence electrons. The number of fused-ring (bicyclic) bond motifs is 6. The van der Waals surface area contributed by atoms with Gasteiger partial charge >= 0.3 is 0 Å². The second-order valence-corrected chi connectivity index (χ2v) is 11.7. The van der Waals surface area contributed by atoms with Gasteiger partial charge in [-0.25, -0.2) is 4.98 Å². The maximum absolute atomic E-state index is 13.1. The molecule has 3 aromatic heterocycles. The number of para-hydroxylation sites is 1. The SMILES string of the molecule is C[C@H]1CCc2c(sc3nc(C4CC4)n4c(SCC(=O)N5CCc6ccccc65)nnc4c23)C1. The summed E-state index contributed by atoms with van der Waals surface area (Å²) in [6, 6.07) is 8.21. The van der Waals surface area contributed by atoms with Gasteiger partial charge in [0.1, 0.15) is 10.7 Å². The topological polar surface area (TPSA) is 63.4 Å². The molecule has 7 rings (SSSR count). The second-order valence-electron chi connectivity index (χ2n) is 9.63. The van der Waals surface area contributed by atoms with Crippen LogP contribution in [0.4, 0.5) is 5.69 Å². The minimum atomic E-state index is 0.130. The zero-order chi connectivity index (χ0) is 22.1. The van der Waals surface area contributed by atoms with Crippen molar-refractivity contribution in [3.05, 3.63) is 46.1 Å². The van der Waals surface area contributed by atoms with Gasteiger partial charge in [0.2, 0.25) is 5.91 Å². The van der Waals surface area contributed by atoms with Crippen LogP contribution in [0.25, 0.3) is 15.9 Å². The van der Waals surface area contributed by atoms with E-state index in [4.69, 9.17) is 4.98 Å². The number of aryl methyl sites for hydroxylation is 1. The maximum atomic E-state index is 13.1. The van der Waals surface area contributed by atoms with E-state index in [1.165, 1.54) is 52.4 Å². The summed E-state index contributed by atoms with van der Waals surface area (Å²) in [5.74, 6) is 2.78. The van der Waals surface area contributed by atoms with Crippen molar-refractivity contribution in [2.45, 2.75) is 56.5 Å². The summed E-state index contributed by atoms with van der Waals surface area (Å²) in [5, 5.41) is 11.2. The van der Waals surface area contributed by atoms with Crippen LogP contribution in [0.3, 0.4) is 0 Å². The fraction of sp³-hybridized carbons (Fsp3) is 0.440. The Balaban J connectivity index is 1.25. The van der Waals surface area contributed by atoms with Gasteiger partial charge in [-0.05, 0) is 61.6 Å². The number of thioether (sulfide) groups is 1. The van der Waals surface area contributed by atoms with Gasteiger partial charge in [0.05, 0.1) is 11.1 Å². The second kappa shape index (κ2) is 7.53. The van der Waals surface area contributed by atoms with E-state index in [1.54, 1.807) is 0 Å². The van der Waals surface area contributed by atoms with Crippen molar-refractivity contribution >= 4 is 50.6 Å². The molecule has 6 nitrogen and oxygen atoms in total. The Bertz CT molecular complexity index is 1420. The lowest BCUT2D eigenvalue weighted by Crippen LogP contribution is -2.30. The highest BCUT2D eigenvalue weighted by Gasteiger charge is 2.33. The van der Waals surface area contributed by atoms with Crippen molar-refractivity contribution in [3.8, 4) is 0 Å². The molecule has 0 saturated heterocycles. The third-order valence-electron chi connectivity index (χ3n) is 7.25. The number of benzene rings is 1. The fourth-order valence-electron chi connectivity index (χ4n) is 5.35. The number of thiophene rings is 1. The van der Waals surface area contributed by atoms with Crippen LogP contribution in [0.15, 0.2) is 29.4 Å². The van der Waals surface area contributed by atoms with Crippen LogP contribution in [-0.4, -0.2) is 37.8 Å². The number of anilines is 1. The minimum absolute atomic E-state index is 0.130. The Labute approximate surface area is 200 Å². The van der Waals surface area contributed by atoms with Crippen molar-refractivity contribution in [3.63, 3.8) is 0 Å². The fourth-order valence-corrected chi connectivity index (χ4v) is 7.55. The standard InChI is InChI=1S/C25H25N5OS2/c1-14-6-9-17-19(12-14)33-24-21(17)23-27-28-25(30(23)22(26-24)16-7-8-16)32-13-20(31)29-11-10-15-4-2-3-5-18(15)29/h2-5,14,16H,6-13H2,1H3/t14-/m0/s1. The summed E-state index contributed by atoms with van der Waals surface area (Å²) in [6.45, 7) is 3.10. The van der Waals surface area contributed by atoms with E-state index in [1.807, 2.05) is 34.4 Å². The molecule has 0 unspecified atom stereocenters. The van der Waals surface area contributed by atoms with Crippen molar-refractivity contribution in [2.24, 2.45) is 5.92 Å². The van der Waals surface area contributed by atoms with Crippen molar-refractivity contribution in [1.29, 1.82) is 0 Å². The molecule has 0 bridgehead atoms. The first-order valence-corrected chi connectivity index (χ1v) is 13.7. The number of rotatable bonds is 4. The summed E-state index contributed by atoms with van der Waals surface area (Å²) < 4.78 is 2.17. The van der Waals surface area contributed by atoms with Gasteiger partial charge in [0.25, 0.3) is 0 Å². The van der Waals surface area contributed by atoms with Crippen LogP contribution < -0.4 is 4.90 Å². The van der Waals surface area contributed by atoms with Crippen LogP contribution in [0.2, 0.25) is 0 Å². The molecule has 8 heteroatoms. The first-order valence-electron chi connectivity index (χ1n) is 11.9. The van der Waals surface area contributed by atoms with E-state index in [0.717, 1.165) is 58.9 Å². The minimum Gasteiger partial charge on any atom is -0.311 e. The number of amides is 1. The number of hydrogen-bond acceptors (Lipinski definition) is 6. The molecule has 1 fully saturated rings. The van der Waals surface area contributed by atoms with E-state index in [9.17, 15) is 4.79 Å². The molecule has 3 aliphatic rings. The van der Waals surface area contributed by atoms with Gasteiger partial charge in [0, 0.05) is 23.0 Å². The Morgan fingerprint density at radius 3 is 2.94 bits per heavy atom. The number of carbonyl (C=O) groups is 1. The molecule has 0 spiro atoms. The van der Waals surface area contributed by atoms with Crippen molar-refractivity contribution < 1.29 is 4.79 Å². The summed E-state index contributed by atoms with van der Waals surface area (Å²) in [5.41, 5.74) is 4.68. The van der Waals surface area contributed by atoms with E-state index in [0.29, 0.717) is 11.7 Å². The summed E-state index contributed by atoms with van der Waals surface area (Å²) in [7, 11) is 0. The largest absolute Gasteiger partial charge is 0.311 e. The van der Waals surface area contributed by atoms with Crippen LogP contribution in [0, 0.1) is 5.92 Å².